The molecule has 0 unspecified atom stereocenters. The molecular weight excluding hydrogens is 372 g/mol. The maximum absolute atomic E-state index is 12.0. The number of halogens is 1. The molecule has 0 saturated heterocycles. The van der Waals surface area contributed by atoms with Crippen LogP contribution in [0.3, 0.4) is 0 Å². The van der Waals surface area contributed by atoms with Crippen molar-refractivity contribution in [1.29, 1.82) is 0 Å². The van der Waals surface area contributed by atoms with Gasteiger partial charge in [0.05, 0.1) is 0 Å². The fraction of sp³-hybridized carbons (Fsp3) is 0.105. The van der Waals surface area contributed by atoms with Gasteiger partial charge >= 0.3 is 11.9 Å². The monoisotopic (exact) mass is 388 g/mol. The molecule has 0 aliphatic rings. The number of H-pyrrole nitrogens is 1. The van der Waals surface area contributed by atoms with Gasteiger partial charge < -0.3 is 20.5 Å². The number of carboxylic acid groups (broad SMARTS) is 2. The molecule has 3 rings (SSSR count). The van der Waals surface area contributed by atoms with Crippen LogP contribution in [-0.4, -0.2) is 39.6 Å². The second kappa shape index (κ2) is 9.40. The first-order valence-corrected chi connectivity index (χ1v) is 8.31. The van der Waals surface area contributed by atoms with E-state index < -0.39 is 11.9 Å². The van der Waals surface area contributed by atoms with Gasteiger partial charge in [0.25, 0.3) is 5.91 Å². The topological polar surface area (TPSA) is 119 Å². The van der Waals surface area contributed by atoms with E-state index in [1.807, 2.05) is 24.4 Å². The minimum atomic E-state index is -1.82. The zero-order valence-electron chi connectivity index (χ0n) is 14.1. The van der Waals surface area contributed by atoms with Gasteiger partial charge in [-0.2, -0.15) is 0 Å². The zero-order chi connectivity index (χ0) is 19.8. The highest BCUT2D eigenvalue weighted by Crippen LogP contribution is 2.17. The van der Waals surface area contributed by atoms with Crippen LogP contribution in [0.15, 0.2) is 54.7 Å². The molecule has 1 heterocycles. The van der Waals surface area contributed by atoms with Crippen LogP contribution in [0.5, 0.6) is 0 Å². The first-order valence-electron chi connectivity index (χ1n) is 7.93. The SMILES string of the molecule is O=C(NCCc1c[nH]c2ccccc12)c1cccc(Cl)c1.O=C(O)C(=O)O. The number of benzene rings is 2. The van der Waals surface area contributed by atoms with Crippen molar-refractivity contribution in [2.45, 2.75) is 6.42 Å². The molecule has 140 valence electrons. The number of aromatic amines is 1. The van der Waals surface area contributed by atoms with Crippen molar-refractivity contribution in [3.63, 3.8) is 0 Å². The van der Waals surface area contributed by atoms with Crippen molar-refractivity contribution in [3.05, 3.63) is 70.9 Å². The molecular formula is C19H17ClN2O5. The Kier molecular flexibility index (Phi) is 6.96. The van der Waals surface area contributed by atoms with E-state index in [1.54, 1.807) is 24.3 Å². The minimum absolute atomic E-state index is 0.0997. The third-order valence-corrected chi connectivity index (χ3v) is 3.86. The molecule has 0 atom stereocenters. The number of aliphatic carboxylic acids is 2. The van der Waals surface area contributed by atoms with Gasteiger partial charge in [0.2, 0.25) is 0 Å². The quantitative estimate of drug-likeness (QED) is 0.512. The van der Waals surface area contributed by atoms with Crippen molar-refractivity contribution in [2.24, 2.45) is 0 Å². The average Bonchev–Trinajstić information content (AvgIpc) is 3.05. The summed E-state index contributed by atoms with van der Waals surface area (Å²) in [7, 11) is 0. The Hall–Kier alpha value is -3.32. The van der Waals surface area contributed by atoms with Crippen LogP contribution in [0, 0.1) is 0 Å². The van der Waals surface area contributed by atoms with Crippen LogP contribution in [-0.2, 0) is 16.0 Å². The lowest BCUT2D eigenvalue weighted by atomic mass is 10.1. The lowest BCUT2D eigenvalue weighted by molar-refractivity contribution is -0.159. The fourth-order valence-corrected chi connectivity index (χ4v) is 2.57. The molecule has 4 N–H and O–H groups in total. The molecule has 27 heavy (non-hydrogen) atoms. The summed E-state index contributed by atoms with van der Waals surface area (Å²) in [6.45, 7) is 0.590. The van der Waals surface area contributed by atoms with Crippen LogP contribution in [0.2, 0.25) is 5.02 Å². The number of para-hydroxylation sites is 1. The van der Waals surface area contributed by atoms with Crippen LogP contribution >= 0.6 is 11.6 Å². The van der Waals surface area contributed by atoms with Crippen LogP contribution in [0.1, 0.15) is 15.9 Å². The number of carbonyl (C=O) groups excluding carboxylic acids is 1. The highest BCUT2D eigenvalue weighted by molar-refractivity contribution is 6.31. The molecule has 0 aliphatic heterocycles. The van der Waals surface area contributed by atoms with E-state index in [-0.39, 0.29) is 5.91 Å². The van der Waals surface area contributed by atoms with Gasteiger partial charge in [0.15, 0.2) is 0 Å². The zero-order valence-corrected chi connectivity index (χ0v) is 14.9. The van der Waals surface area contributed by atoms with E-state index >= 15 is 0 Å². The molecule has 0 spiro atoms. The van der Waals surface area contributed by atoms with Gasteiger partial charge in [-0.25, -0.2) is 9.59 Å². The minimum Gasteiger partial charge on any atom is -0.473 e. The van der Waals surface area contributed by atoms with E-state index in [0.29, 0.717) is 17.1 Å². The first-order chi connectivity index (χ1) is 12.9. The molecule has 7 nitrogen and oxygen atoms in total. The molecule has 0 saturated carbocycles. The highest BCUT2D eigenvalue weighted by Gasteiger charge is 2.07. The van der Waals surface area contributed by atoms with E-state index in [0.717, 1.165) is 11.9 Å². The third-order valence-electron chi connectivity index (χ3n) is 3.62. The predicted octanol–water partition coefficient (Wildman–Crippen LogP) is 2.95. The Labute approximate surface area is 159 Å². The molecule has 2 aromatic carbocycles. The largest absolute Gasteiger partial charge is 0.473 e. The van der Waals surface area contributed by atoms with Gasteiger partial charge in [-0.3, -0.25) is 4.79 Å². The summed E-state index contributed by atoms with van der Waals surface area (Å²) in [5, 5.41) is 19.5. The Morgan fingerprint density at radius 2 is 1.70 bits per heavy atom. The van der Waals surface area contributed by atoms with E-state index in [1.165, 1.54) is 10.9 Å². The number of amides is 1. The normalized spacial score (nSPS) is 9.96. The molecule has 0 bridgehead atoms. The summed E-state index contributed by atoms with van der Waals surface area (Å²) in [4.78, 5) is 33.4. The number of carboxylic acids is 2. The van der Waals surface area contributed by atoms with E-state index in [9.17, 15) is 4.79 Å². The summed E-state index contributed by atoms with van der Waals surface area (Å²) in [5.74, 6) is -3.75. The second-order valence-corrected chi connectivity index (χ2v) is 5.92. The molecule has 8 heteroatoms. The van der Waals surface area contributed by atoms with Crippen molar-refractivity contribution in [1.82, 2.24) is 10.3 Å². The summed E-state index contributed by atoms with van der Waals surface area (Å²) in [5.41, 5.74) is 2.91. The Morgan fingerprint density at radius 1 is 1.00 bits per heavy atom. The highest BCUT2D eigenvalue weighted by atomic mass is 35.5. The van der Waals surface area contributed by atoms with E-state index in [4.69, 9.17) is 31.4 Å². The molecule has 0 radical (unpaired) electrons. The van der Waals surface area contributed by atoms with Crippen molar-refractivity contribution < 1.29 is 24.6 Å². The first kappa shape index (κ1) is 20.0. The lowest BCUT2D eigenvalue weighted by Crippen LogP contribution is -2.25. The molecule has 0 aliphatic carbocycles. The standard InChI is InChI=1S/C17H15ClN2O.C2H2O4/c18-14-5-3-4-12(10-14)17(21)19-9-8-13-11-20-16-7-2-1-6-15(13)16;3-1(4)2(5)6/h1-7,10-11,20H,8-9H2,(H,19,21);(H,3,4)(H,5,6). The fourth-order valence-electron chi connectivity index (χ4n) is 2.38. The summed E-state index contributed by atoms with van der Waals surface area (Å²) >= 11 is 5.89. The smallest absolute Gasteiger partial charge is 0.414 e. The number of rotatable bonds is 4. The van der Waals surface area contributed by atoms with Crippen LogP contribution in [0.25, 0.3) is 10.9 Å². The molecule has 0 fully saturated rings. The number of hydrogen-bond donors (Lipinski definition) is 4. The van der Waals surface area contributed by atoms with Crippen LogP contribution in [0.4, 0.5) is 0 Å². The summed E-state index contributed by atoms with van der Waals surface area (Å²) in [6, 6.07) is 15.1. The average molecular weight is 389 g/mol. The molecule has 3 aromatic rings. The Balaban J connectivity index is 0.000000380. The molecule has 1 aromatic heterocycles. The number of carbonyl (C=O) groups is 3. The number of hydrogen-bond acceptors (Lipinski definition) is 3. The van der Waals surface area contributed by atoms with Gasteiger partial charge in [-0.15, -0.1) is 0 Å². The van der Waals surface area contributed by atoms with Crippen molar-refractivity contribution >= 4 is 40.3 Å². The van der Waals surface area contributed by atoms with Gasteiger partial charge in [0.1, 0.15) is 0 Å². The van der Waals surface area contributed by atoms with Gasteiger partial charge in [-0.1, -0.05) is 35.9 Å². The third kappa shape index (κ3) is 5.86. The summed E-state index contributed by atoms with van der Waals surface area (Å²) < 4.78 is 0. The van der Waals surface area contributed by atoms with Gasteiger partial charge in [0, 0.05) is 34.2 Å². The predicted molar refractivity (Wildman–Crippen MR) is 101 cm³/mol. The summed E-state index contributed by atoms with van der Waals surface area (Å²) in [6.07, 6.45) is 2.78. The maximum atomic E-state index is 12.0. The molecule has 1 amide bonds. The Bertz CT molecular complexity index is 955. The number of aromatic nitrogens is 1. The van der Waals surface area contributed by atoms with Crippen molar-refractivity contribution in [3.8, 4) is 0 Å². The second-order valence-electron chi connectivity index (χ2n) is 5.49. The Morgan fingerprint density at radius 3 is 2.37 bits per heavy atom. The lowest BCUT2D eigenvalue weighted by Gasteiger charge is -2.05. The van der Waals surface area contributed by atoms with E-state index in [2.05, 4.69) is 16.4 Å². The number of nitrogens with one attached hydrogen (secondary N) is 2. The van der Waals surface area contributed by atoms with Crippen LogP contribution < -0.4 is 5.32 Å². The number of fused-ring (bicyclic) bond motifs is 1. The maximum Gasteiger partial charge on any atom is 0.414 e. The van der Waals surface area contributed by atoms with Crippen molar-refractivity contribution in [2.75, 3.05) is 6.54 Å². The van der Waals surface area contributed by atoms with Gasteiger partial charge in [-0.05, 0) is 36.2 Å².